The first-order valence-electron chi connectivity index (χ1n) is 7.96. The van der Waals surface area contributed by atoms with Gasteiger partial charge < -0.3 is 5.32 Å². The van der Waals surface area contributed by atoms with E-state index < -0.39 is 0 Å². The van der Waals surface area contributed by atoms with E-state index >= 15 is 0 Å². The van der Waals surface area contributed by atoms with Crippen LogP contribution in [0.2, 0.25) is 0 Å². The smallest absolute Gasteiger partial charge is 0.0361 e. The average molecular weight is 281 g/mol. The van der Waals surface area contributed by atoms with E-state index in [1.807, 2.05) is 0 Å². The largest absolute Gasteiger partial charge is 0.310 e. The lowest BCUT2D eigenvalue weighted by Gasteiger charge is -2.21. The maximum absolute atomic E-state index is 3.72. The molecule has 0 aromatic heterocycles. The Morgan fingerprint density at radius 3 is 2.24 bits per heavy atom. The van der Waals surface area contributed by atoms with Crippen LogP contribution in [-0.2, 0) is 6.42 Å². The topological polar surface area (TPSA) is 12.0 Å². The second-order valence-electron chi connectivity index (χ2n) is 6.06. The minimum absolute atomic E-state index is 0.393. The Morgan fingerprint density at radius 2 is 1.62 bits per heavy atom. The molecule has 0 aliphatic heterocycles. The lowest BCUT2D eigenvalue weighted by molar-refractivity contribution is 0.528. The second kappa shape index (κ2) is 7.42. The van der Waals surface area contributed by atoms with Gasteiger partial charge in [-0.1, -0.05) is 60.5 Å². The van der Waals surface area contributed by atoms with E-state index in [4.69, 9.17) is 0 Å². The highest BCUT2D eigenvalue weighted by molar-refractivity contribution is 5.33. The summed E-state index contributed by atoms with van der Waals surface area (Å²) >= 11 is 0. The van der Waals surface area contributed by atoms with Crippen molar-refractivity contribution in [1.29, 1.82) is 0 Å². The Balaban J connectivity index is 2.27. The summed E-state index contributed by atoms with van der Waals surface area (Å²) in [6.07, 6.45) is 2.21. The van der Waals surface area contributed by atoms with E-state index in [0.29, 0.717) is 6.04 Å². The minimum atomic E-state index is 0.393. The van der Waals surface area contributed by atoms with Gasteiger partial charge in [0.1, 0.15) is 0 Å². The van der Waals surface area contributed by atoms with Crippen molar-refractivity contribution < 1.29 is 0 Å². The summed E-state index contributed by atoms with van der Waals surface area (Å²) in [5.74, 6) is 0. The van der Waals surface area contributed by atoms with Crippen molar-refractivity contribution in [2.45, 2.75) is 46.6 Å². The van der Waals surface area contributed by atoms with E-state index in [0.717, 1.165) is 19.4 Å². The van der Waals surface area contributed by atoms with Crippen molar-refractivity contribution in [3.63, 3.8) is 0 Å². The molecule has 1 unspecified atom stereocenters. The van der Waals surface area contributed by atoms with Gasteiger partial charge in [-0.25, -0.2) is 0 Å². The maximum atomic E-state index is 3.72. The fraction of sp³-hybridized carbons (Fsp3) is 0.400. The molecule has 0 fully saturated rings. The Hall–Kier alpha value is -1.60. The summed E-state index contributed by atoms with van der Waals surface area (Å²) in [6, 6.07) is 16.0. The maximum Gasteiger partial charge on any atom is 0.0361 e. The molecule has 21 heavy (non-hydrogen) atoms. The molecule has 0 heterocycles. The summed E-state index contributed by atoms with van der Waals surface area (Å²) in [7, 11) is 0. The molecule has 0 saturated heterocycles. The quantitative estimate of drug-likeness (QED) is 0.794. The molecule has 2 aromatic rings. The zero-order valence-corrected chi connectivity index (χ0v) is 13.7. The van der Waals surface area contributed by atoms with Crippen LogP contribution < -0.4 is 5.32 Å². The van der Waals surface area contributed by atoms with Crippen LogP contribution >= 0.6 is 0 Å². The van der Waals surface area contributed by atoms with Crippen LogP contribution in [0.1, 0.15) is 47.2 Å². The Kier molecular flexibility index (Phi) is 5.58. The molecule has 2 aromatic carbocycles. The Labute approximate surface area is 129 Å². The van der Waals surface area contributed by atoms with Gasteiger partial charge in [0, 0.05) is 6.04 Å². The van der Waals surface area contributed by atoms with Gasteiger partial charge in [0.25, 0.3) is 0 Å². The first-order valence-corrected chi connectivity index (χ1v) is 7.96. The van der Waals surface area contributed by atoms with Crippen LogP contribution in [0, 0.1) is 20.8 Å². The first kappa shape index (κ1) is 15.8. The molecule has 0 spiro atoms. The highest BCUT2D eigenvalue weighted by Gasteiger charge is 2.13. The highest BCUT2D eigenvalue weighted by Crippen LogP contribution is 2.22. The monoisotopic (exact) mass is 281 g/mol. The van der Waals surface area contributed by atoms with Crippen LogP contribution in [0.3, 0.4) is 0 Å². The number of benzene rings is 2. The minimum Gasteiger partial charge on any atom is -0.310 e. The molecular formula is C20H27N. The van der Waals surface area contributed by atoms with Gasteiger partial charge in [-0.3, -0.25) is 0 Å². The summed E-state index contributed by atoms with van der Waals surface area (Å²) in [6.45, 7) is 9.85. The number of aryl methyl sites for hydroxylation is 3. The summed E-state index contributed by atoms with van der Waals surface area (Å²) in [5.41, 5.74) is 6.91. The normalized spacial score (nSPS) is 12.4. The SMILES string of the molecule is CCCNC(Cc1ccccc1C)c1cc(C)cc(C)c1. The first-order chi connectivity index (χ1) is 10.1. The third kappa shape index (κ3) is 4.44. The van der Waals surface area contributed by atoms with Gasteiger partial charge in [0.15, 0.2) is 0 Å². The fourth-order valence-corrected chi connectivity index (χ4v) is 2.90. The van der Waals surface area contributed by atoms with Gasteiger partial charge in [-0.15, -0.1) is 0 Å². The Morgan fingerprint density at radius 1 is 0.952 bits per heavy atom. The molecule has 0 aliphatic rings. The molecule has 1 heteroatoms. The molecule has 1 atom stereocenters. The number of hydrogen-bond acceptors (Lipinski definition) is 1. The number of hydrogen-bond donors (Lipinski definition) is 1. The number of nitrogens with one attached hydrogen (secondary N) is 1. The molecule has 2 rings (SSSR count). The van der Waals surface area contributed by atoms with Crippen molar-refractivity contribution in [3.8, 4) is 0 Å². The van der Waals surface area contributed by atoms with E-state index in [-0.39, 0.29) is 0 Å². The summed E-state index contributed by atoms with van der Waals surface area (Å²) < 4.78 is 0. The molecule has 1 N–H and O–H groups in total. The van der Waals surface area contributed by atoms with Gasteiger partial charge in [0.05, 0.1) is 0 Å². The summed E-state index contributed by atoms with van der Waals surface area (Å²) in [5, 5.41) is 3.72. The van der Waals surface area contributed by atoms with Crippen LogP contribution in [-0.4, -0.2) is 6.54 Å². The molecule has 112 valence electrons. The lowest BCUT2D eigenvalue weighted by Crippen LogP contribution is -2.24. The predicted octanol–water partition coefficient (Wildman–Crippen LogP) is 4.90. The number of rotatable bonds is 6. The molecule has 0 saturated carbocycles. The summed E-state index contributed by atoms with van der Waals surface area (Å²) in [4.78, 5) is 0. The van der Waals surface area contributed by atoms with Gasteiger partial charge in [-0.2, -0.15) is 0 Å². The lowest BCUT2D eigenvalue weighted by atomic mass is 9.94. The third-order valence-corrected chi connectivity index (χ3v) is 3.97. The van der Waals surface area contributed by atoms with Gasteiger partial charge in [-0.05, 0) is 56.8 Å². The van der Waals surface area contributed by atoms with Crippen molar-refractivity contribution in [2.75, 3.05) is 6.54 Å². The highest BCUT2D eigenvalue weighted by atomic mass is 14.9. The van der Waals surface area contributed by atoms with E-state index in [1.54, 1.807) is 0 Å². The molecule has 0 bridgehead atoms. The second-order valence-corrected chi connectivity index (χ2v) is 6.06. The standard InChI is InChI=1S/C20H27N/c1-5-10-21-20(14-18-9-7-6-8-17(18)4)19-12-15(2)11-16(3)13-19/h6-9,11-13,20-21H,5,10,14H2,1-4H3. The van der Waals surface area contributed by atoms with Crippen molar-refractivity contribution >= 4 is 0 Å². The van der Waals surface area contributed by atoms with E-state index in [1.165, 1.54) is 27.8 Å². The molecule has 0 amide bonds. The Bertz CT molecular complexity index is 566. The van der Waals surface area contributed by atoms with Crippen molar-refractivity contribution in [1.82, 2.24) is 5.32 Å². The predicted molar refractivity (Wildman–Crippen MR) is 91.8 cm³/mol. The van der Waals surface area contributed by atoms with E-state index in [9.17, 15) is 0 Å². The van der Waals surface area contributed by atoms with Crippen molar-refractivity contribution in [3.05, 3.63) is 70.3 Å². The molecule has 0 aliphatic carbocycles. The fourth-order valence-electron chi connectivity index (χ4n) is 2.90. The third-order valence-electron chi connectivity index (χ3n) is 3.97. The van der Waals surface area contributed by atoms with Gasteiger partial charge in [0.2, 0.25) is 0 Å². The van der Waals surface area contributed by atoms with Crippen LogP contribution in [0.4, 0.5) is 0 Å². The van der Waals surface area contributed by atoms with Crippen LogP contribution in [0.25, 0.3) is 0 Å². The molecular weight excluding hydrogens is 254 g/mol. The van der Waals surface area contributed by atoms with Crippen molar-refractivity contribution in [2.24, 2.45) is 0 Å². The average Bonchev–Trinajstić information content (AvgIpc) is 2.44. The zero-order chi connectivity index (χ0) is 15.2. The van der Waals surface area contributed by atoms with E-state index in [2.05, 4.69) is 75.5 Å². The molecule has 1 nitrogen and oxygen atoms in total. The van der Waals surface area contributed by atoms with Crippen LogP contribution in [0.15, 0.2) is 42.5 Å². The molecule has 0 radical (unpaired) electrons. The van der Waals surface area contributed by atoms with Gasteiger partial charge >= 0.3 is 0 Å². The zero-order valence-electron chi connectivity index (χ0n) is 13.7. The van der Waals surface area contributed by atoms with Crippen LogP contribution in [0.5, 0.6) is 0 Å².